The highest BCUT2D eigenvalue weighted by molar-refractivity contribution is 7.80. The minimum atomic E-state index is 0.500. The van der Waals surface area contributed by atoms with Crippen LogP contribution in [-0.4, -0.2) is 61.0 Å². The van der Waals surface area contributed by atoms with Gasteiger partial charge in [0.15, 0.2) is 5.11 Å². The zero-order valence-corrected chi connectivity index (χ0v) is 18.1. The Hall–Kier alpha value is -1.67. The molecule has 0 aliphatic carbocycles. The lowest BCUT2D eigenvalue weighted by molar-refractivity contribution is 0.204. The summed E-state index contributed by atoms with van der Waals surface area (Å²) < 4.78 is 5.07. The van der Waals surface area contributed by atoms with Crippen LogP contribution < -0.4 is 20.4 Å². The van der Waals surface area contributed by atoms with Gasteiger partial charge in [-0.1, -0.05) is 12.8 Å². The van der Waals surface area contributed by atoms with Crippen molar-refractivity contribution >= 4 is 34.9 Å². The van der Waals surface area contributed by atoms with Crippen molar-refractivity contribution < 1.29 is 4.74 Å². The number of nitrogens with one attached hydrogen (secondary N) is 2. The molecule has 0 saturated carbocycles. The van der Waals surface area contributed by atoms with Crippen LogP contribution in [0.5, 0.6) is 0 Å². The van der Waals surface area contributed by atoms with E-state index in [1.165, 1.54) is 44.9 Å². The van der Waals surface area contributed by atoms with Crippen LogP contribution in [0.25, 0.3) is 0 Å². The molecule has 156 valence electrons. The number of hydrogen-bond acceptors (Lipinski definition) is 6. The first-order valence-corrected chi connectivity index (χ1v) is 11.0. The molecule has 1 atom stereocenters. The molecule has 0 aromatic carbocycles. The Labute approximate surface area is 174 Å². The van der Waals surface area contributed by atoms with Gasteiger partial charge in [0.05, 0.1) is 6.61 Å². The van der Waals surface area contributed by atoms with E-state index in [2.05, 4.69) is 33.4 Å². The normalized spacial score (nSPS) is 20.6. The fourth-order valence-electron chi connectivity index (χ4n) is 3.94. The zero-order valence-electron chi connectivity index (χ0n) is 17.2. The van der Waals surface area contributed by atoms with E-state index in [0.29, 0.717) is 30.3 Å². The van der Waals surface area contributed by atoms with Crippen molar-refractivity contribution in [1.82, 2.24) is 15.3 Å². The summed E-state index contributed by atoms with van der Waals surface area (Å²) in [6, 6.07) is 2.67. The summed E-state index contributed by atoms with van der Waals surface area (Å²) in [5.41, 5.74) is 0. The SMILES string of the molecule is COCCNC(=S)Nc1nc(N2CCCCCC2)cc(N2CCCC[C@H]2C)n1. The molecule has 2 aliphatic rings. The molecule has 1 aromatic rings. The van der Waals surface area contributed by atoms with Gasteiger partial charge in [-0.3, -0.25) is 0 Å². The van der Waals surface area contributed by atoms with E-state index >= 15 is 0 Å². The third-order valence-electron chi connectivity index (χ3n) is 5.54. The second-order valence-corrected chi connectivity index (χ2v) is 8.13. The van der Waals surface area contributed by atoms with Crippen molar-refractivity contribution in [2.45, 2.75) is 57.9 Å². The molecule has 0 bridgehead atoms. The van der Waals surface area contributed by atoms with Crippen LogP contribution in [0.1, 0.15) is 51.9 Å². The Morgan fingerprint density at radius 3 is 2.54 bits per heavy atom. The fraction of sp³-hybridized carbons (Fsp3) is 0.750. The van der Waals surface area contributed by atoms with Gasteiger partial charge in [-0.25, -0.2) is 0 Å². The lowest BCUT2D eigenvalue weighted by Gasteiger charge is -2.35. The van der Waals surface area contributed by atoms with Crippen LogP contribution in [0.3, 0.4) is 0 Å². The lowest BCUT2D eigenvalue weighted by Crippen LogP contribution is -2.39. The molecule has 2 saturated heterocycles. The third kappa shape index (κ3) is 5.91. The van der Waals surface area contributed by atoms with Gasteiger partial charge >= 0.3 is 0 Å². The molecule has 2 N–H and O–H groups in total. The van der Waals surface area contributed by atoms with Gasteiger partial charge < -0.3 is 25.2 Å². The van der Waals surface area contributed by atoms with E-state index in [4.69, 9.17) is 26.9 Å². The van der Waals surface area contributed by atoms with Gasteiger partial charge in [0.25, 0.3) is 0 Å². The second-order valence-electron chi connectivity index (χ2n) is 7.72. The maximum atomic E-state index is 5.41. The molecule has 3 heterocycles. The first-order chi connectivity index (χ1) is 13.7. The maximum Gasteiger partial charge on any atom is 0.232 e. The predicted molar refractivity (Wildman–Crippen MR) is 119 cm³/mol. The quantitative estimate of drug-likeness (QED) is 0.552. The van der Waals surface area contributed by atoms with Crippen molar-refractivity contribution in [3.8, 4) is 0 Å². The van der Waals surface area contributed by atoms with E-state index in [1.807, 2.05) is 0 Å². The second kappa shape index (κ2) is 10.8. The summed E-state index contributed by atoms with van der Waals surface area (Å²) in [6.07, 6.45) is 8.76. The number of aromatic nitrogens is 2. The predicted octanol–water partition coefficient (Wildman–Crippen LogP) is 3.17. The standard InChI is InChI=1S/C20H34N6OS/c1-16-9-5-8-13-26(16)18-15-17(25-11-6-3-4-7-12-25)22-19(23-18)24-20(28)21-10-14-27-2/h15-16H,3-14H2,1-2H3,(H2,21,22,23,24,28)/t16-/m1/s1. The number of ether oxygens (including phenoxy) is 1. The summed E-state index contributed by atoms with van der Waals surface area (Å²) in [5.74, 6) is 2.58. The molecule has 28 heavy (non-hydrogen) atoms. The summed E-state index contributed by atoms with van der Waals surface area (Å²) >= 11 is 5.41. The number of rotatable bonds is 6. The highest BCUT2D eigenvalue weighted by Gasteiger charge is 2.22. The molecule has 2 fully saturated rings. The van der Waals surface area contributed by atoms with Crippen molar-refractivity contribution in [3.05, 3.63) is 6.07 Å². The van der Waals surface area contributed by atoms with Crippen molar-refractivity contribution in [3.63, 3.8) is 0 Å². The molecule has 8 heteroatoms. The first-order valence-electron chi connectivity index (χ1n) is 10.6. The molecule has 0 radical (unpaired) electrons. The van der Waals surface area contributed by atoms with E-state index in [1.54, 1.807) is 7.11 Å². The monoisotopic (exact) mass is 406 g/mol. The third-order valence-corrected chi connectivity index (χ3v) is 5.79. The number of piperidine rings is 1. The smallest absolute Gasteiger partial charge is 0.232 e. The summed E-state index contributed by atoms with van der Waals surface area (Å²) in [7, 11) is 1.68. The number of nitrogens with zero attached hydrogens (tertiary/aromatic N) is 4. The average molecular weight is 407 g/mol. The number of thiocarbonyl (C=S) groups is 1. The highest BCUT2D eigenvalue weighted by atomic mass is 32.1. The molecular formula is C20H34N6OS. The van der Waals surface area contributed by atoms with Gasteiger partial charge in [0.2, 0.25) is 5.95 Å². The number of anilines is 3. The van der Waals surface area contributed by atoms with Crippen molar-refractivity contribution in [2.75, 3.05) is 55.0 Å². The van der Waals surface area contributed by atoms with Gasteiger partial charge in [-0.15, -0.1) is 0 Å². The van der Waals surface area contributed by atoms with Crippen molar-refractivity contribution in [2.24, 2.45) is 0 Å². The largest absolute Gasteiger partial charge is 0.383 e. The van der Waals surface area contributed by atoms with Gasteiger partial charge in [0.1, 0.15) is 11.6 Å². The summed E-state index contributed by atoms with van der Waals surface area (Å²) in [5, 5.41) is 6.85. The topological polar surface area (TPSA) is 65.6 Å². The molecule has 0 spiro atoms. The minimum Gasteiger partial charge on any atom is -0.383 e. The Bertz CT molecular complexity index is 635. The van der Waals surface area contributed by atoms with E-state index in [-0.39, 0.29) is 0 Å². The van der Waals surface area contributed by atoms with Crippen LogP contribution in [0.4, 0.5) is 17.6 Å². The molecule has 0 amide bonds. The first kappa shape index (κ1) is 21.0. The molecular weight excluding hydrogens is 372 g/mol. The Morgan fingerprint density at radius 1 is 1.11 bits per heavy atom. The fourth-order valence-corrected chi connectivity index (χ4v) is 4.13. The summed E-state index contributed by atoms with van der Waals surface area (Å²) in [4.78, 5) is 14.4. The number of methoxy groups -OCH3 is 1. The van der Waals surface area contributed by atoms with E-state index < -0.39 is 0 Å². The summed E-state index contributed by atoms with van der Waals surface area (Å²) in [6.45, 7) is 6.71. The lowest BCUT2D eigenvalue weighted by atomic mass is 10.0. The van der Waals surface area contributed by atoms with Crippen LogP contribution in [0.15, 0.2) is 6.07 Å². The average Bonchev–Trinajstić information content (AvgIpc) is 2.98. The Balaban J connectivity index is 1.81. The van der Waals surface area contributed by atoms with Gasteiger partial charge in [-0.05, 0) is 51.2 Å². The molecule has 3 rings (SSSR count). The van der Waals surface area contributed by atoms with Crippen molar-refractivity contribution in [1.29, 1.82) is 0 Å². The van der Waals surface area contributed by atoms with Crippen LogP contribution in [0.2, 0.25) is 0 Å². The number of hydrogen-bond donors (Lipinski definition) is 2. The molecule has 1 aromatic heterocycles. The van der Waals surface area contributed by atoms with Gasteiger partial charge in [-0.2, -0.15) is 9.97 Å². The van der Waals surface area contributed by atoms with Gasteiger partial charge in [0, 0.05) is 45.4 Å². The molecule has 2 aliphatic heterocycles. The minimum absolute atomic E-state index is 0.500. The Kier molecular flexibility index (Phi) is 8.09. The van der Waals surface area contributed by atoms with E-state index in [0.717, 1.165) is 31.3 Å². The molecule has 0 unspecified atom stereocenters. The van der Waals surface area contributed by atoms with Crippen LogP contribution in [0, 0.1) is 0 Å². The van der Waals surface area contributed by atoms with Crippen LogP contribution >= 0.6 is 12.2 Å². The molecule has 7 nitrogen and oxygen atoms in total. The maximum absolute atomic E-state index is 5.41. The Morgan fingerprint density at radius 2 is 1.82 bits per heavy atom. The highest BCUT2D eigenvalue weighted by Crippen LogP contribution is 2.28. The van der Waals surface area contributed by atoms with E-state index in [9.17, 15) is 0 Å². The zero-order chi connectivity index (χ0) is 19.8. The van der Waals surface area contributed by atoms with Crippen LogP contribution in [-0.2, 0) is 4.74 Å².